The highest BCUT2D eigenvalue weighted by Gasteiger charge is 2.21. The van der Waals surface area contributed by atoms with E-state index in [0.29, 0.717) is 12.3 Å². The van der Waals surface area contributed by atoms with Gasteiger partial charge in [0, 0.05) is 20.0 Å². The molecule has 1 aliphatic rings. The zero-order chi connectivity index (χ0) is 15.2. The van der Waals surface area contributed by atoms with Crippen LogP contribution < -0.4 is 0 Å². The molecule has 0 radical (unpaired) electrons. The number of aryl methyl sites for hydroxylation is 1. The summed E-state index contributed by atoms with van der Waals surface area (Å²) in [6.07, 6.45) is 5.57. The molecule has 1 aromatic rings. The maximum atomic E-state index is 12.5. The predicted molar refractivity (Wildman–Crippen MR) is 86.6 cm³/mol. The van der Waals surface area contributed by atoms with Crippen molar-refractivity contribution in [3.63, 3.8) is 0 Å². The molecule has 0 unspecified atom stereocenters. The molecule has 21 heavy (non-hydrogen) atoms. The minimum Gasteiger partial charge on any atom is -0.395 e. The monoisotopic (exact) mass is 305 g/mol. The van der Waals surface area contributed by atoms with Crippen molar-refractivity contribution in [3.05, 3.63) is 21.4 Å². The summed E-state index contributed by atoms with van der Waals surface area (Å²) in [5.74, 6) is 6.73. The highest BCUT2D eigenvalue weighted by Crippen LogP contribution is 2.27. The third-order valence-corrected chi connectivity index (χ3v) is 5.06. The van der Waals surface area contributed by atoms with Gasteiger partial charge in [-0.25, -0.2) is 0 Å². The van der Waals surface area contributed by atoms with Gasteiger partial charge in [0.25, 0.3) is 5.91 Å². The van der Waals surface area contributed by atoms with Crippen LogP contribution in [0.5, 0.6) is 0 Å². The van der Waals surface area contributed by atoms with Gasteiger partial charge in [0.15, 0.2) is 0 Å². The van der Waals surface area contributed by atoms with Gasteiger partial charge in [-0.15, -0.1) is 11.3 Å². The average molecular weight is 305 g/mol. The molecule has 1 amide bonds. The van der Waals surface area contributed by atoms with E-state index in [4.69, 9.17) is 5.11 Å². The van der Waals surface area contributed by atoms with E-state index in [0.717, 1.165) is 21.9 Å². The van der Waals surface area contributed by atoms with E-state index in [-0.39, 0.29) is 12.5 Å². The molecule has 1 fully saturated rings. The molecular formula is C17H23NO2S. The van der Waals surface area contributed by atoms with E-state index in [1.807, 2.05) is 24.9 Å². The quantitative estimate of drug-likeness (QED) is 0.869. The molecule has 1 aromatic heterocycles. The minimum atomic E-state index is 0.0767. The fraction of sp³-hybridized carbons (Fsp3) is 0.588. The van der Waals surface area contributed by atoms with Crippen LogP contribution in [-0.2, 0) is 0 Å². The number of carbonyl (C=O) groups is 1. The number of aliphatic hydroxyl groups excluding tert-OH is 1. The van der Waals surface area contributed by atoms with Gasteiger partial charge in [0.2, 0.25) is 0 Å². The second-order valence-corrected chi connectivity index (χ2v) is 6.79. The first-order valence-electron chi connectivity index (χ1n) is 7.57. The van der Waals surface area contributed by atoms with Crippen LogP contribution in [0.15, 0.2) is 6.07 Å². The summed E-state index contributed by atoms with van der Waals surface area (Å²) < 4.78 is 0. The number of thiophene rings is 1. The number of hydrogen-bond donors (Lipinski definition) is 1. The maximum Gasteiger partial charge on any atom is 0.263 e. The molecule has 1 saturated carbocycles. The predicted octanol–water partition coefficient (Wildman–Crippen LogP) is 3.05. The van der Waals surface area contributed by atoms with Gasteiger partial charge in [-0.2, -0.15) is 0 Å². The van der Waals surface area contributed by atoms with Gasteiger partial charge in [0.1, 0.15) is 0 Å². The second-order valence-electron chi connectivity index (χ2n) is 5.73. The number of carbonyl (C=O) groups excluding carboxylic acids is 1. The third kappa shape index (κ3) is 4.33. The van der Waals surface area contributed by atoms with Crippen molar-refractivity contribution >= 4 is 17.2 Å². The summed E-state index contributed by atoms with van der Waals surface area (Å²) in [4.78, 5) is 16.0. The van der Waals surface area contributed by atoms with Crippen LogP contribution in [0.3, 0.4) is 0 Å². The average Bonchev–Trinajstić information content (AvgIpc) is 3.09. The molecule has 2 rings (SSSR count). The Labute approximate surface area is 131 Å². The molecule has 1 aliphatic carbocycles. The Kier molecular flexibility index (Phi) is 5.84. The number of rotatable bonds is 4. The smallest absolute Gasteiger partial charge is 0.263 e. The van der Waals surface area contributed by atoms with Crippen molar-refractivity contribution in [1.82, 2.24) is 4.90 Å². The van der Waals surface area contributed by atoms with E-state index >= 15 is 0 Å². The van der Waals surface area contributed by atoms with Gasteiger partial charge in [-0.05, 0) is 37.3 Å². The third-order valence-electron chi connectivity index (χ3n) is 3.92. The highest BCUT2D eigenvalue weighted by atomic mass is 32.1. The van der Waals surface area contributed by atoms with Gasteiger partial charge >= 0.3 is 0 Å². The van der Waals surface area contributed by atoms with Crippen LogP contribution in [-0.4, -0.2) is 36.1 Å². The van der Waals surface area contributed by atoms with E-state index < -0.39 is 0 Å². The zero-order valence-corrected chi connectivity index (χ0v) is 13.6. The fourth-order valence-corrected chi connectivity index (χ4v) is 3.80. The molecule has 0 aliphatic heterocycles. The van der Waals surface area contributed by atoms with Crippen molar-refractivity contribution < 1.29 is 9.90 Å². The molecular weight excluding hydrogens is 282 g/mol. The lowest BCUT2D eigenvalue weighted by Crippen LogP contribution is -2.30. The summed E-state index contributed by atoms with van der Waals surface area (Å²) in [6, 6.07) is 1.93. The van der Waals surface area contributed by atoms with Crippen LogP contribution >= 0.6 is 11.3 Å². The topological polar surface area (TPSA) is 40.5 Å². The Morgan fingerprint density at radius 2 is 2.19 bits per heavy atom. The number of amides is 1. The Bertz CT molecular complexity index is 547. The first kappa shape index (κ1) is 16.1. The minimum absolute atomic E-state index is 0.0767. The van der Waals surface area contributed by atoms with Crippen LogP contribution in [0, 0.1) is 24.7 Å². The molecule has 114 valence electrons. The van der Waals surface area contributed by atoms with Crippen LogP contribution in [0.1, 0.15) is 52.2 Å². The Hall–Kier alpha value is -1.31. The van der Waals surface area contributed by atoms with E-state index in [1.165, 1.54) is 37.0 Å². The molecule has 0 atom stereocenters. The van der Waals surface area contributed by atoms with Crippen LogP contribution in [0.25, 0.3) is 0 Å². The second kappa shape index (κ2) is 7.63. The maximum absolute atomic E-state index is 12.5. The molecule has 0 saturated heterocycles. The lowest BCUT2D eigenvalue weighted by molar-refractivity contribution is 0.0778. The molecule has 0 bridgehead atoms. The van der Waals surface area contributed by atoms with E-state index in [1.54, 1.807) is 0 Å². The summed E-state index contributed by atoms with van der Waals surface area (Å²) in [5, 5.41) is 8.76. The molecule has 1 N–H and O–H groups in total. The summed E-state index contributed by atoms with van der Waals surface area (Å²) in [6.45, 7) is 2.92. The lowest BCUT2D eigenvalue weighted by atomic mass is 10.1. The van der Waals surface area contributed by atoms with Gasteiger partial charge in [-0.1, -0.05) is 24.7 Å². The molecule has 1 heterocycles. The van der Waals surface area contributed by atoms with Crippen molar-refractivity contribution in [2.24, 2.45) is 5.92 Å². The molecule has 0 aromatic carbocycles. The summed E-state index contributed by atoms with van der Waals surface area (Å²) in [5.41, 5.74) is 1.04. The number of aliphatic hydroxyl groups is 1. The van der Waals surface area contributed by atoms with Crippen LogP contribution in [0.4, 0.5) is 0 Å². The van der Waals surface area contributed by atoms with Crippen LogP contribution in [0.2, 0.25) is 0 Å². The summed E-state index contributed by atoms with van der Waals surface area (Å²) in [7, 11) is 1.90. The van der Waals surface area contributed by atoms with Crippen molar-refractivity contribution in [1.29, 1.82) is 0 Å². The van der Waals surface area contributed by atoms with Crippen molar-refractivity contribution in [2.45, 2.75) is 39.0 Å². The van der Waals surface area contributed by atoms with Crippen molar-refractivity contribution in [2.75, 3.05) is 20.2 Å². The Balaban J connectivity index is 2.01. The van der Waals surface area contributed by atoms with Crippen molar-refractivity contribution in [3.8, 4) is 11.8 Å². The number of hydrogen-bond acceptors (Lipinski definition) is 3. The molecule has 3 nitrogen and oxygen atoms in total. The molecule has 0 spiro atoms. The standard InChI is InChI=1S/C17H23NO2S/c1-13-11-16(21-15(13)9-5-6-10-19)17(20)18(2)12-14-7-3-4-8-14/h11,14,19H,3-4,6-8,10,12H2,1-2H3. The van der Waals surface area contributed by atoms with Gasteiger partial charge < -0.3 is 10.0 Å². The fourth-order valence-electron chi connectivity index (χ4n) is 2.76. The zero-order valence-electron chi connectivity index (χ0n) is 12.8. The first-order chi connectivity index (χ1) is 10.1. The normalized spacial score (nSPS) is 14.8. The van der Waals surface area contributed by atoms with E-state index in [2.05, 4.69) is 11.8 Å². The Morgan fingerprint density at radius 1 is 1.48 bits per heavy atom. The van der Waals surface area contributed by atoms with Gasteiger partial charge in [-0.3, -0.25) is 4.79 Å². The Morgan fingerprint density at radius 3 is 2.86 bits per heavy atom. The SMILES string of the molecule is Cc1cc(C(=O)N(C)CC2CCCC2)sc1C#CCCO. The molecule has 4 heteroatoms. The largest absolute Gasteiger partial charge is 0.395 e. The van der Waals surface area contributed by atoms with Gasteiger partial charge in [0.05, 0.1) is 16.4 Å². The summed E-state index contributed by atoms with van der Waals surface area (Å²) >= 11 is 1.46. The van der Waals surface area contributed by atoms with E-state index in [9.17, 15) is 4.79 Å². The first-order valence-corrected chi connectivity index (χ1v) is 8.39. The number of nitrogens with zero attached hydrogens (tertiary/aromatic N) is 1. The highest BCUT2D eigenvalue weighted by molar-refractivity contribution is 7.14. The lowest BCUT2D eigenvalue weighted by Gasteiger charge is -2.20.